The summed E-state index contributed by atoms with van der Waals surface area (Å²) in [7, 11) is 0. The minimum Gasteiger partial charge on any atom is -0.484 e. The molecule has 0 heterocycles. The van der Waals surface area contributed by atoms with Crippen molar-refractivity contribution in [2.24, 2.45) is 5.10 Å². The van der Waals surface area contributed by atoms with Crippen LogP contribution in [-0.4, -0.2) is 31.8 Å². The van der Waals surface area contributed by atoms with E-state index in [9.17, 15) is 4.79 Å². The first-order valence-corrected chi connectivity index (χ1v) is 9.54. The van der Waals surface area contributed by atoms with Crippen molar-refractivity contribution in [1.29, 1.82) is 0 Å². The van der Waals surface area contributed by atoms with Crippen molar-refractivity contribution in [1.82, 2.24) is 5.43 Å². The number of carbonyl (C=O) groups is 1. The number of hydrogen-bond acceptors (Lipinski definition) is 4. The zero-order valence-electron chi connectivity index (χ0n) is 16.4. The lowest BCUT2D eigenvalue weighted by Crippen LogP contribution is -2.24. The molecule has 2 aromatic rings. The lowest BCUT2D eigenvalue weighted by molar-refractivity contribution is -0.123. The molecule has 0 aliphatic rings. The Morgan fingerprint density at radius 2 is 1.70 bits per heavy atom. The highest BCUT2D eigenvalue weighted by Crippen LogP contribution is 2.14. The third-order valence-corrected chi connectivity index (χ3v) is 4.26. The molecule has 2 rings (SSSR count). The Labute approximate surface area is 162 Å². The molecule has 0 aliphatic carbocycles. The summed E-state index contributed by atoms with van der Waals surface area (Å²) in [6, 6.07) is 15.9. The van der Waals surface area contributed by atoms with E-state index >= 15 is 0 Å². The van der Waals surface area contributed by atoms with Gasteiger partial charge in [-0.2, -0.15) is 5.10 Å². The highest BCUT2D eigenvalue weighted by Gasteiger charge is 2.02. The van der Waals surface area contributed by atoms with E-state index in [1.54, 1.807) is 6.21 Å². The second kappa shape index (κ2) is 11.0. The van der Waals surface area contributed by atoms with Gasteiger partial charge in [0.15, 0.2) is 6.61 Å². The van der Waals surface area contributed by atoms with Crippen LogP contribution < -0.4 is 15.1 Å². The van der Waals surface area contributed by atoms with Gasteiger partial charge < -0.3 is 9.64 Å². The molecule has 1 N–H and O–H groups in total. The van der Waals surface area contributed by atoms with Gasteiger partial charge in [-0.15, -0.1) is 0 Å². The van der Waals surface area contributed by atoms with Gasteiger partial charge in [0, 0.05) is 18.8 Å². The molecule has 0 atom stereocenters. The molecule has 27 heavy (non-hydrogen) atoms. The number of aryl methyl sites for hydroxylation is 1. The number of amides is 1. The second-order valence-electron chi connectivity index (χ2n) is 6.24. The maximum Gasteiger partial charge on any atom is 0.277 e. The number of nitrogens with one attached hydrogen (secondary N) is 1. The standard InChI is InChI=1S/C22H29N3O2/c1-4-7-18-10-14-21(15-11-18)27-17-22(26)24-23-16-19-8-12-20(13-9-19)25(5-2)6-3/h8-16H,4-7,17H2,1-3H3,(H,24,26)/b23-16+. The van der Waals surface area contributed by atoms with Crippen molar-refractivity contribution < 1.29 is 9.53 Å². The third-order valence-electron chi connectivity index (χ3n) is 4.26. The van der Waals surface area contributed by atoms with Crippen LogP contribution in [0.3, 0.4) is 0 Å². The van der Waals surface area contributed by atoms with Crippen LogP contribution in [0.2, 0.25) is 0 Å². The monoisotopic (exact) mass is 367 g/mol. The van der Waals surface area contributed by atoms with Gasteiger partial charge in [-0.25, -0.2) is 5.43 Å². The Morgan fingerprint density at radius 3 is 2.30 bits per heavy atom. The molecule has 0 spiro atoms. The number of rotatable bonds is 10. The molecule has 5 heteroatoms. The smallest absolute Gasteiger partial charge is 0.277 e. The molecule has 5 nitrogen and oxygen atoms in total. The summed E-state index contributed by atoms with van der Waals surface area (Å²) in [4.78, 5) is 14.1. The minimum absolute atomic E-state index is 0.0641. The van der Waals surface area contributed by atoms with E-state index in [2.05, 4.69) is 48.3 Å². The number of carbonyl (C=O) groups excluding carboxylic acids is 1. The van der Waals surface area contributed by atoms with E-state index in [4.69, 9.17) is 4.74 Å². The lowest BCUT2D eigenvalue weighted by Gasteiger charge is -2.20. The number of ether oxygens (including phenoxy) is 1. The zero-order chi connectivity index (χ0) is 19.5. The fourth-order valence-electron chi connectivity index (χ4n) is 2.76. The third kappa shape index (κ3) is 6.77. The first-order valence-electron chi connectivity index (χ1n) is 9.54. The predicted octanol–water partition coefficient (Wildman–Crippen LogP) is 4.01. The Kier molecular flexibility index (Phi) is 8.36. The average molecular weight is 367 g/mol. The van der Waals surface area contributed by atoms with Crippen LogP contribution in [-0.2, 0) is 11.2 Å². The molecule has 0 aliphatic heterocycles. The van der Waals surface area contributed by atoms with Crippen molar-refractivity contribution in [2.45, 2.75) is 33.6 Å². The molecule has 1 amide bonds. The molecular formula is C22H29N3O2. The maximum atomic E-state index is 11.8. The van der Waals surface area contributed by atoms with E-state index in [0.717, 1.165) is 31.5 Å². The largest absolute Gasteiger partial charge is 0.484 e. The van der Waals surface area contributed by atoms with E-state index in [0.29, 0.717) is 5.75 Å². The second-order valence-corrected chi connectivity index (χ2v) is 6.24. The van der Waals surface area contributed by atoms with Crippen molar-refractivity contribution >= 4 is 17.8 Å². The molecule has 0 radical (unpaired) electrons. The van der Waals surface area contributed by atoms with E-state index in [-0.39, 0.29) is 12.5 Å². The lowest BCUT2D eigenvalue weighted by atomic mass is 10.1. The van der Waals surface area contributed by atoms with E-state index in [1.807, 2.05) is 36.4 Å². The highest BCUT2D eigenvalue weighted by molar-refractivity contribution is 5.83. The van der Waals surface area contributed by atoms with Crippen LogP contribution in [0.25, 0.3) is 0 Å². The molecule has 0 saturated carbocycles. The molecular weight excluding hydrogens is 338 g/mol. The summed E-state index contributed by atoms with van der Waals surface area (Å²) in [5.41, 5.74) is 5.87. The Balaban J connectivity index is 1.77. The molecule has 144 valence electrons. The Hall–Kier alpha value is -2.82. The number of nitrogens with zero attached hydrogens (tertiary/aromatic N) is 2. The fraction of sp³-hybridized carbons (Fsp3) is 0.364. The summed E-state index contributed by atoms with van der Waals surface area (Å²) in [5.74, 6) is 0.393. The van der Waals surface area contributed by atoms with Crippen LogP contribution in [0.4, 0.5) is 5.69 Å². The zero-order valence-corrected chi connectivity index (χ0v) is 16.4. The van der Waals surface area contributed by atoms with Crippen LogP contribution in [0, 0.1) is 0 Å². The van der Waals surface area contributed by atoms with Gasteiger partial charge in [0.1, 0.15) is 5.75 Å². The molecule has 0 aromatic heterocycles. The minimum atomic E-state index is -0.288. The van der Waals surface area contributed by atoms with Crippen LogP contribution in [0.5, 0.6) is 5.75 Å². The van der Waals surface area contributed by atoms with Crippen molar-refractivity contribution in [2.75, 3.05) is 24.6 Å². The quantitative estimate of drug-likeness (QED) is 0.510. The molecule has 2 aromatic carbocycles. The Bertz CT molecular complexity index is 720. The predicted molar refractivity (Wildman–Crippen MR) is 112 cm³/mol. The first kappa shape index (κ1) is 20.5. The summed E-state index contributed by atoms with van der Waals surface area (Å²) in [6.07, 6.45) is 3.79. The van der Waals surface area contributed by atoms with E-state index in [1.165, 1.54) is 11.3 Å². The van der Waals surface area contributed by atoms with Gasteiger partial charge in [-0.1, -0.05) is 37.6 Å². The molecule has 0 unspecified atom stereocenters. The summed E-state index contributed by atoms with van der Waals surface area (Å²) >= 11 is 0. The van der Waals surface area contributed by atoms with Crippen molar-refractivity contribution in [3.8, 4) is 5.75 Å². The maximum absolute atomic E-state index is 11.8. The fourth-order valence-corrected chi connectivity index (χ4v) is 2.76. The normalized spacial score (nSPS) is 10.8. The topological polar surface area (TPSA) is 53.9 Å². The van der Waals surface area contributed by atoms with Crippen LogP contribution >= 0.6 is 0 Å². The van der Waals surface area contributed by atoms with Gasteiger partial charge >= 0.3 is 0 Å². The Morgan fingerprint density at radius 1 is 1.04 bits per heavy atom. The number of hydrogen-bond donors (Lipinski definition) is 1. The van der Waals surface area contributed by atoms with Crippen LogP contribution in [0.15, 0.2) is 53.6 Å². The van der Waals surface area contributed by atoms with Crippen molar-refractivity contribution in [3.63, 3.8) is 0 Å². The molecule has 0 fully saturated rings. The van der Waals surface area contributed by atoms with Gasteiger partial charge in [-0.05, 0) is 55.7 Å². The van der Waals surface area contributed by atoms with E-state index < -0.39 is 0 Å². The highest BCUT2D eigenvalue weighted by atomic mass is 16.5. The summed E-state index contributed by atoms with van der Waals surface area (Å²) in [5, 5.41) is 3.99. The van der Waals surface area contributed by atoms with Gasteiger partial charge in [-0.3, -0.25) is 4.79 Å². The number of benzene rings is 2. The van der Waals surface area contributed by atoms with Crippen molar-refractivity contribution in [3.05, 3.63) is 59.7 Å². The van der Waals surface area contributed by atoms with Gasteiger partial charge in [0.05, 0.1) is 6.21 Å². The van der Waals surface area contributed by atoms with Crippen LogP contribution in [0.1, 0.15) is 38.3 Å². The average Bonchev–Trinajstić information content (AvgIpc) is 2.70. The number of anilines is 1. The summed E-state index contributed by atoms with van der Waals surface area (Å²) < 4.78 is 5.48. The molecule has 0 saturated heterocycles. The molecule has 0 bridgehead atoms. The summed E-state index contributed by atoms with van der Waals surface area (Å²) in [6.45, 7) is 8.30. The van der Waals surface area contributed by atoms with Gasteiger partial charge in [0.25, 0.3) is 5.91 Å². The SMILES string of the molecule is CCCc1ccc(OCC(=O)N/N=C/c2ccc(N(CC)CC)cc2)cc1. The number of hydrazone groups is 1. The van der Waals surface area contributed by atoms with Gasteiger partial charge in [0.2, 0.25) is 0 Å². The first-order chi connectivity index (χ1) is 13.2.